The second kappa shape index (κ2) is 9.89. The van der Waals surface area contributed by atoms with Crippen LogP contribution in [0.25, 0.3) is 32.5 Å². The minimum absolute atomic E-state index is 0.257. The number of nitrogens with one attached hydrogen (secondary N) is 1. The van der Waals surface area contributed by atoms with Gasteiger partial charge in [0.05, 0.1) is 18.1 Å². The van der Waals surface area contributed by atoms with E-state index >= 15 is 0 Å². The predicted octanol–water partition coefficient (Wildman–Crippen LogP) is 7.67. The molecule has 5 rings (SSSR count). The summed E-state index contributed by atoms with van der Waals surface area (Å²) in [6.07, 6.45) is 0. The molecule has 0 aliphatic carbocycles. The van der Waals surface area contributed by atoms with E-state index < -0.39 is 5.97 Å². The molecule has 0 saturated heterocycles. The lowest BCUT2D eigenvalue weighted by Crippen LogP contribution is -2.11. The Balaban J connectivity index is 1.68. The molecule has 36 heavy (non-hydrogen) atoms. The minimum atomic E-state index is -0.465. The largest absolute Gasteiger partial charge is 0.497 e. The number of benzene rings is 3. The molecule has 1 amide bonds. The highest BCUT2D eigenvalue weighted by Gasteiger charge is 2.24. The van der Waals surface area contributed by atoms with Crippen molar-refractivity contribution < 1.29 is 23.5 Å². The lowest BCUT2D eigenvalue weighted by atomic mass is 10.0. The van der Waals surface area contributed by atoms with Crippen LogP contribution in [0.2, 0.25) is 5.02 Å². The van der Waals surface area contributed by atoms with E-state index in [2.05, 4.69) is 5.32 Å². The van der Waals surface area contributed by atoms with Crippen LogP contribution in [-0.4, -0.2) is 19.0 Å². The molecule has 0 radical (unpaired) electrons. The third kappa shape index (κ3) is 4.71. The highest BCUT2D eigenvalue weighted by Crippen LogP contribution is 2.46. The van der Waals surface area contributed by atoms with Crippen LogP contribution in [0.4, 0.5) is 5.88 Å². The highest BCUT2D eigenvalue weighted by molar-refractivity contribution is 7.13. The summed E-state index contributed by atoms with van der Waals surface area (Å²) >= 11 is 7.45. The van der Waals surface area contributed by atoms with Gasteiger partial charge in [0.25, 0.3) is 5.91 Å². The molecule has 6 nitrogen and oxygen atoms in total. The van der Waals surface area contributed by atoms with Crippen molar-refractivity contribution in [3.05, 3.63) is 88.8 Å². The Morgan fingerprint density at radius 1 is 0.972 bits per heavy atom. The molecule has 180 valence electrons. The molecule has 8 heteroatoms. The van der Waals surface area contributed by atoms with Gasteiger partial charge in [-0.1, -0.05) is 29.8 Å². The molecule has 1 N–H and O–H groups in total. The van der Waals surface area contributed by atoms with Gasteiger partial charge in [0.15, 0.2) is 0 Å². The second-order valence-electron chi connectivity index (χ2n) is 7.91. The van der Waals surface area contributed by atoms with E-state index in [9.17, 15) is 9.59 Å². The SMILES string of the molecule is COc1ccc(-c2cc(OC(C)=O)c3c(-c4cccs4)c(NC(=O)c4ccc(Cl)cc4)oc3c2)cc1. The monoisotopic (exact) mass is 517 g/mol. The third-order valence-corrected chi connectivity index (χ3v) is 6.67. The second-order valence-corrected chi connectivity index (χ2v) is 9.30. The summed E-state index contributed by atoms with van der Waals surface area (Å²) in [5.74, 6) is 0.504. The Kier molecular flexibility index (Phi) is 6.50. The van der Waals surface area contributed by atoms with Gasteiger partial charge in [0.2, 0.25) is 5.88 Å². The minimum Gasteiger partial charge on any atom is -0.497 e. The van der Waals surface area contributed by atoms with Gasteiger partial charge < -0.3 is 13.9 Å². The molecule has 3 aromatic carbocycles. The lowest BCUT2D eigenvalue weighted by molar-refractivity contribution is -0.131. The average Bonchev–Trinajstić information content (AvgIpc) is 3.52. The third-order valence-electron chi connectivity index (χ3n) is 5.53. The first-order valence-electron chi connectivity index (χ1n) is 11.0. The van der Waals surface area contributed by atoms with Crippen molar-refractivity contribution >= 4 is 51.7 Å². The smallest absolute Gasteiger partial charge is 0.308 e. The molecule has 2 heterocycles. The number of methoxy groups -OCH3 is 1. The van der Waals surface area contributed by atoms with Crippen molar-refractivity contribution in [3.63, 3.8) is 0 Å². The number of hydrogen-bond acceptors (Lipinski definition) is 6. The molecule has 0 saturated carbocycles. The Morgan fingerprint density at radius 3 is 2.36 bits per heavy atom. The Hall–Kier alpha value is -4.07. The summed E-state index contributed by atoms with van der Waals surface area (Å²) in [6.45, 7) is 1.35. The van der Waals surface area contributed by atoms with Gasteiger partial charge in [-0.2, -0.15) is 0 Å². The van der Waals surface area contributed by atoms with Crippen molar-refractivity contribution in [2.24, 2.45) is 0 Å². The van der Waals surface area contributed by atoms with E-state index in [-0.39, 0.29) is 11.8 Å². The zero-order valence-electron chi connectivity index (χ0n) is 19.3. The molecule has 0 unspecified atom stereocenters. The molecular formula is C28H20ClNO5S. The summed E-state index contributed by atoms with van der Waals surface area (Å²) < 4.78 is 17.1. The Labute approximate surface area is 216 Å². The molecule has 0 spiro atoms. The number of thiophene rings is 1. The van der Waals surface area contributed by atoms with E-state index in [0.717, 1.165) is 21.8 Å². The van der Waals surface area contributed by atoms with Crippen LogP contribution in [0, 0.1) is 0 Å². The maximum absolute atomic E-state index is 13.0. The molecule has 0 aliphatic rings. The quantitative estimate of drug-likeness (QED) is 0.185. The zero-order valence-corrected chi connectivity index (χ0v) is 20.9. The number of hydrogen-bond donors (Lipinski definition) is 1. The summed E-state index contributed by atoms with van der Waals surface area (Å²) in [6, 6.07) is 21.6. The summed E-state index contributed by atoms with van der Waals surface area (Å²) in [5.41, 5.74) is 3.20. The first-order valence-corrected chi connectivity index (χ1v) is 12.2. The van der Waals surface area contributed by atoms with E-state index in [0.29, 0.717) is 32.9 Å². The Morgan fingerprint density at radius 2 is 1.72 bits per heavy atom. The molecule has 5 aromatic rings. The number of esters is 1. The summed E-state index contributed by atoms with van der Waals surface area (Å²) in [7, 11) is 1.61. The number of fused-ring (bicyclic) bond motifs is 1. The lowest BCUT2D eigenvalue weighted by Gasteiger charge is -2.09. The van der Waals surface area contributed by atoms with Crippen LogP contribution in [0.3, 0.4) is 0 Å². The fourth-order valence-electron chi connectivity index (χ4n) is 3.90. The topological polar surface area (TPSA) is 77.8 Å². The summed E-state index contributed by atoms with van der Waals surface area (Å²) in [4.78, 5) is 25.9. The summed E-state index contributed by atoms with van der Waals surface area (Å²) in [5, 5.41) is 5.93. The maximum atomic E-state index is 13.0. The number of anilines is 1. The van der Waals surface area contributed by atoms with E-state index in [1.807, 2.05) is 47.8 Å². The van der Waals surface area contributed by atoms with Gasteiger partial charge >= 0.3 is 5.97 Å². The molecule has 0 bridgehead atoms. The standard InChI is InChI=1S/C28H20ClNO5S/c1-16(31)34-22-14-19(17-7-11-21(33-2)12-8-17)15-23-25(22)26(24-4-3-13-36-24)28(35-23)30-27(32)18-5-9-20(29)10-6-18/h3-15H,1-2H3,(H,30,32). The van der Waals surface area contributed by atoms with Gasteiger partial charge in [-0.15, -0.1) is 11.3 Å². The first kappa shape index (κ1) is 23.7. The van der Waals surface area contributed by atoms with Crippen molar-refractivity contribution in [2.75, 3.05) is 12.4 Å². The van der Waals surface area contributed by atoms with Crippen LogP contribution in [0.5, 0.6) is 11.5 Å². The fraction of sp³-hybridized carbons (Fsp3) is 0.0714. The van der Waals surface area contributed by atoms with Crippen molar-refractivity contribution in [1.82, 2.24) is 0 Å². The van der Waals surface area contributed by atoms with Gasteiger partial charge in [-0.25, -0.2) is 0 Å². The van der Waals surface area contributed by atoms with E-state index in [4.69, 9.17) is 25.5 Å². The number of rotatable bonds is 6. The van der Waals surface area contributed by atoms with Gasteiger partial charge in [-0.3, -0.25) is 14.9 Å². The normalized spacial score (nSPS) is 10.9. The number of carbonyl (C=O) groups is 2. The van der Waals surface area contributed by atoms with Gasteiger partial charge in [-0.05, 0) is 71.1 Å². The van der Waals surface area contributed by atoms with Crippen molar-refractivity contribution in [1.29, 1.82) is 0 Å². The van der Waals surface area contributed by atoms with E-state index in [1.54, 1.807) is 37.4 Å². The van der Waals surface area contributed by atoms with Crippen LogP contribution >= 0.6 is 22.9 Å². The van der Waals surface area contributed by atoms with Crippen LogP contribution in [0.15, 0.2) is 82.6 Å². The molecular weight excluding hydrogens is 498 g/mol. The number of ether oxygens (including phenoxy) is 2. The molecule has 0 fully saturated rings. The van der Waals surface area contributed by atoms with E-state index in [1.165, 1.54) is 18.3 Å². The van der Waals surface area contributed by atoms with Crippen LogP contribution in [0.1, 0.15) is 17.3 Å². The zero-order chi connectivity index (χ0) is 25.2. The number of amides is 1. The fourth-order valence-corrected chi connectivity index (χ4v) is 4.80. The highest BCUT2D eigenvalue weighted by atomic mass is 35.5. The first-order chi connectivity index (χ1) is 17.4. The number of carbonyl (C=O) groups excluding carboxylic acids is 2. The van der Waals surface area contributed by atoms with Crippen LogP contribution in [-0.2, 0) is 4.79 Å². The van der Waals surface area contributed by atoms with Gasteiger partial charge in [0.1, 0.15) is 17.1 Å². The Bertz CT molecular complexity index is 1550. The number of furan rings is 1. The van der Waals surface area contributed by atoms with Crippen molar-refractivity contribution in [2.45, 2.75) is 6.92 Å². The van der Waals surface area contributed by atoms with Gasteiger partial charge in [0, 0.05) is 22.4 Å². The molecule has 0 atom stereocenters. The van der Waals surface area contributed by atoms with Crippen molar-refractivity contribution in [3.8, 4) is 33.1 Å². The average molecular weight is 518 g/mol. The molecule has 2 aromatic heterocycles. The number of halogens is 1. The van der Waals surface area contributed by atoms with Crippen LogP contribution < -0.4 is 14.8 Å². The maximum Gasteiger partial charge on any atom is 0.308 e. The predicted molar refractivity (Wildman–Crippen MR) is 142 cm³/mol. The molecule has 0 aliphatic heterocycles.